The van der Waals surface area contributed by atoms with E-state index in [1.54, 1.807) is 24.6 Å². The Bertz CT molecular complexity index is 749. The summed E-state index contributed by atoms with van der Waals surface area (Å²) in [7, 11) is 0. The lowest BCUT2D eigenvalue weighted by atomic mass is 10.2. The van der Waals surface area contributed by atoms with Crippen LogP contribution >= 0.6 is 11.3 Å². The van der Waals surface area contributed by atoms with E-state index in [1.807, 2.05) is 19.1 Å². The number of amides is 1. The van der Waals surface area contributed by atoms with Gasteiger partial charge in [0.25, 0.3) is 5.91 Å². The highest BCUT2D eigenvalue weighted by Gasteiger charge is 2.19. The predicted octanol–water partition coefficient (Wildman–Crippen LogP) is 2.96. The fraction of sp³-hybridized carbons (Fsp3) is 0.143. The Morgan fingerprint density at radius 1 is 1.45 bits per heavy atom. The highest BCUT2D eigenvalue weighted by atomic mass is 32.1. The summed E-state index contributed by atoms with van der Waals surface area (Å²) in [6.45, 7) is 1.86. The molecule has 0 aromatic carbocycles. The van der Waals surface area contributed by atoms with Gasteiger partial charge < -0.3 is 15.5 Å². The average Bonchev–Trinajstić information content (AvgIpc) is 3.07. The molecule has 0 aliphatic carbocycles. The number of carbonyl (C=O) groups excluding carboxylic acids is 1. The number of aromatic nitrogens is 1. The molecule has 0 aliphatic rings. The molecule has 3 heterocycles. The number of nitrogen functional groups attached to an aromatic ring is 1. The molecule has 1 atom stereocenters. The minimum Gasteiger partial charge on any atom is -0.467 e. The Morgan fingerprint density at radius 3 is 3.00 bits per heavy atom. The van der Waals surface area contributed by atoms with Gasteiger partial charge in [-0.15, -0.1) is 11.3 Å². The molecule has 0 saturated carbocycles. The number of anilines is 1. The normalized spacial score (nSPS) is 12.4. The zero-order valence-corrected chi connectivity index (χ0v) is 11.6. The van der Waals surface area contributed by atoms with Crippen LogP contribution in [0.4, 0.5) is 5.69 Å². The van der Waals surface area contributed by atoms with Crippen molar-refractivity contribution in [3.8, 4) is 0 Å². The number of thiophene rings is 1. The lowest BCUT2D eigenvalue weighted by Gasteiger charge is -2.10. The molecule has 3 aromatic heterocycles. The van der Waals surface area contributed by atoms with Crippen molar-refractivity contribution in [3.05, 3.63) is 47.4 Å². The molecule has 0 fully saturated rings. The third-order valence-electron chi connectivity index (χ3n) is 3.03. The molecule has 0 saturated heterocycles. The number of carbonyl (C=O) groups is 1. The lowest BCUT2D eigenvalue weighted by Crippen LogP contribution is -2.26. The van der Waals surface area contributed by atoms with Crippen molar-refractivity contribution in [3.63, 3.8) is 0 Å². The maximum atomic E-state index is 12.3. The van der Waals surface area contributed by atoms with Crippen LogP contribution in [-0.2, 0) is 0 Å². The first kappa shape index (κ1) is 12.7. The van der Waals surface area contributed by atoms with Crippen molar-refractivity contribution in [1.29, 1.82) is 0 Å². The summed E-state index contributed by atoms with van der Waals surface area (Å²) in [5, 5.41) is 3.68. The van der Waals surface area contributed by atoms with Gasteiger partial charge in [0.1, 0.15) is 15.5 Å². The second-order valence-electron chi connectivity index (χ2n) is 4.41. The van der Waals surface area contributed by atoms with Crippen LogP contribution in [0.3, 0.4) is 0 Å². The monoisotopic (exact) mass is 287 g/mol. The second kappa shape index (κ2) is 4.97. The topological polar surface area (TPSA) is 81.2 Å². The first-order chi connectivity index (χ1) is 9.66. The number of nitrogens with two attached hydrogens (primary N) is 1. The number of rotatable bonds is 3. The molecule has 1 amide bonds. The minimum atomic E-state index is -0.214. The fourth-order valence-corrected chi connectivity index (χ4v) is 2.96. The zero-order chi connectivity index (χ0) is 14.1. The zero-order valence-electron chi connectivity index (χ0n) is 10.8. The largest absolute Gasteiger partial charge is 0.467 e. The first-order valence-electron chi connectivity index (χ1n) is 6.14. The maximum absolute atomic E-state index is 12.3. The van der Waals surface area contributed by atoms with Crippen LogP contribution in [0.2, 0.25) is 0 Å². The number of fused-ring (bicyclic) bond motifs is 1. The van der Waals surface area contributed by atoms with Gasteiger partial charge in [-0.1, -0.05) is 0 Å². The van der Waals surface area contributed by atoms with E-state index in [2.05, 4.69) is 10.3 Å². The molecule has 1 unspecified atom stereocenters. The Labute approximate surface area is 119 Å². The van der Waals surface area contributed by atoms with Crippen molar-refractivity contribution in [2.75, 3.05) is 5.73 Å². The van der Waals surface area contributed by atoms with Crippen LogP contribution in [0.1, 0.15) is 28.4 Å². The van der Waals surface area contributed by atoms with Crippen molar-refractivity contribution >= 4 is 33.1 Å². The second-order valence-corrected chi connectivity index (χ2v) is 5.41. The van der Waals surface area contributed by atoms with Crippen LogP contribution in [-0.4, -0.2) is 10.9 Å². The quantitative estimate of drug-likeness (QED) is 0.776. The molecule has 102 valence electrons. The van der Waals surface area contributed by atoms with E-state index in [0.29, 0.717) is 16.3 Å². The molecule has 3 rings (SSSR count). The number of furan rings is 1. The van der Waals surface area contributed by atoms with Crippen molar-refractivity contribution in [2.45, 2.75) is 13.0 Å². The molecule has 0 radical (unpaired) electrons. The fourth-order valence-electron chi connectivity index (χ4n) is 1.99. The molecular weight excluding hydrogens is 274 g/mol. The average molecular weight is 287 g/mol. The molecule has 20 heavy (non-hydrogen) atoms. The summed E-state index contributed by atoms with van der Waals surface area (Å²) in [6.07, 6.45) is 3.27. The van der Waals surface area contributed by atoms with Gasteiger partial charge in [-0.3, -0.25) is 4.79 Å². The van der Waals surface area contributed by atoms with E-state index >= 15 is 0 Å². The first-order valence-corrected chi connectivity index (χ1v) is 6.95. The standard InChI is InChI=1S/C14H13N3O2S/c1-8(10-5-3-7-19-10)17-13(18)12-11(15)9-4-2-6-16-14(9)20-12/h2-8H,15H2,1H3,(H,17,18). The highest BCUT2D eigenvalue weighted by molar-refractivity contribution is 7.21. The molecule has 0 bridgehead atoms. The van der Waals surface area contributed by atoms with Gasteiger partial charge in [-0.05, 0) is 31.2 Å². The van der Waals surface area contributed by atoms with Gasteiger partial charge >= 0.3 is 0 Å². The molecule has 6 heteroatoms. The summed E-state index contributed by atoms with van der Waals surface area (Å²) in [5.41, 5.74) is 6.49. The van der Waals surface area contributed by atoms with Gasteiger partial charge in [-0.2, -0.15) is 0 Å². The van der Waals surface area contributed by atoms with Gasteiger partial charge in [0.2, 0.25) is 0 Å². The maximum Gasteiger partial charge on any atom is 0.264 e. The number of nitrogens with zero attached hydrogens (tertiary/aromatic N) is 1. The van der Waals surface area contributed by atoms with Crippen molar-refractivity contribution in [1.82, 2.24) is 10.3 Å². The summed E-state index contributed by atoms with van der Waals surface area (Å²) in [4.78, 5) is 17.8. The van der Waals surface area contributed by atoms with Crippen LogP contribution in [0.5, 0.6) is 0 Å². The van der Waals surface area contributed by atoms with E-state index in [0.717, 1.165) is 10.2 Å². The van der Waals surface area contributed by atoms with Crippen LogP contribution in [0, 0.1) is 0 Å². The third-order valence-corrected chi connectivity index (χ3v) is 4.16. The number of hydrogen-bond donors (Lipinski definition) is 2. The number of pyridine rings is 1. The van der Waals surface area contributed by atoms with Crippen molar-refractivity contribution in [2.24, 2.45) is 0 Å². The molecule has 3 N–H and O–H groups in total. The van der Waals surface area contributed by atoms with Gasteiger partial charge in [0, 0.05) is 11.6 Å². The van der Waals surface area contributed by atoms with Crippen molar-refractivity contribution < 1.29 is 9.21 Å². The Balaban J connectivity index is 1.87. The van der Waals surface area contributed by atoms with E-state index in [9.17, 15) is 4.79 Å². The third kappa shape index (κ3) is 2.14. The number of nitrogens with one attached hydrogen (secondary N) is 1. The predicted molar refractivity (Wildman–Crippen MR) is 78.6 cm³/mol. The van der Waals surface area contributed by atoms with Gasteiger partial charge in [-0.25, -0.2) is 4.98 Å². The SMILES string of the molecule is CC(NC(=O)c1sc2ncccc2c1N)c1ccco1. The van der Waals surface area contributed by atoms with Gasteiger partial charge in [0.15, 0.2) is 0 Å². The van der Waals surface area contributed by atoms with Crippen LogP contribution in [0.15, 0.2) is 41.1 Å². The summed E-state index contributed by atoms with van der Waals surface area (Å²) in [6, 6.07) is 7.06. The Hall–Kier alpha value is -2.34. The van der Waals surface area contributed by atoms with Gasteiger partial charge in [0.05, 0.1) is 18.0 Å². The Kier molecular flexibility index (Phi) is 3.15. The van der Waals surface area contributed by atoms with E-state index < -0.39 is 0 Å². The van der Waals surface area contributed by atoms with E-state index in [4.69, 9.17) is 10.2 Å². The summed E-state index contributed by atoms with van der Waals surface area (Å²) >= 11 is 1.29. The highest BCUT2D eigenvalue weighted by Crippen LogP contribution is 2.32. The molecular formula is C14H13N3O2S. The molecule has 0 aliphatic heterocycles. The number of hydrogen-bond acceptors (Lipinski definition) is 5. The smallest absolute Gasteiger partial charge is 0.264 e. The van der Waals surface area contributed by atoms with E-state index in [-0.39, 0.29) is 11.9 Å². The molecule has 3 aromatic rings. The van der Waals surface area contributed by atoms with E-state index in [1.165, 1.54) is 11.3 Å². The minimum absolute atomic E-state index is 0.213. The summed E-state index contributed by atoms with van der Waals surface area (Å²) in [5.74, 6) is 0.491. The lowest BCUT2D eigenvalue weighted by molar-refractivity contribution is 0.0940. The van der Waals surface area contributed by atoms with Crippen LogP contribution < -0.4 is 11.1 Å². The Morgan fingerprint density at radius 2 is 2.30 bits per heavy atom. The molecule has 0 spiro atoms. The van der Waals surface area contributed by atoms with Crippen LogP contribution in [0.25, 0.3) is 10.2 Å². The molecule has 5 nitrogen and oxygen atoms in total. The summed E-state index contributed by atoms with van der Waals surface area (Å²) < 4.78 is 5.27.